The molecule has 0 aromatic rings. The molecule has 0 spiro atoms. The summed E-state index contributed by atoms with van der Waals surface area (Å²) < 4.78 is 0. The highest BCUT2D eigenvalue weighted by molar-refractivity contribution is 5.86. The Balaban J connectivity index is 3.92. The Kier molecular flexibility index (Phi) is 4.24. The second-order valence-corrected chi connectivity index (χ2v) is 2.36. The van der Waals surface area contributed by atoms with Gasteiger partial charge in [-0.1, -0.05) is 0 Å². The second kappa shape index (κ2) is 4.68. The molecule has 0 rings (SSSR count). The van der Waals surface area contributed by atoms with Crippen LogP contribution in [0.3, 0.4) is 0 Å². The lowest BCUT2D eigenvalue weighted by atomic mass is 10.2. The van der Waals surface area contributed by atoms with E-state index in [0.717, 1.165) is 0 Å². The summed E-state index contributed by atoms with van der Waals surface area (Å²) in [5.41, 5.74) is 5.11. The first kappa shape index (κ1) is 10.9. The predicted octanol–water partition coefficient (Wildman–Crippen LogP) is -2.10. The number of rotatable bonds is 4. The van der Waals surface area contributed by atoms with Gasteiger partial charge in [0.15, 0.2) is 0 Å². The van der Waals surface area contributed by atoms with Crippen LogP contribution in [0.4, 0.5) is 0 Å². The first-order valence-corrected chi connectivity index (χ1v) is 3.38. The number of aliphatic carboxylic acids is 1. The number of aliphatic hydroxyl groups excluding tert-OH is 1. The SMILES string of the molecule is C[C@H](NC(=O)[C@H](N)CO)C(=O)O. The molecule has 0 heterocycles. The summed E-state index contributed by atoms with van der Waals surface area (Å²) in [6.45, 7) is 0.808. The number of nitrogens with one attached hydrogen (secondary N) is 1. The van der Waals surface area contributed by atoms with E-state index in [4.69, 9.17) is 15.9 Å². The molecular formula is C6H12N2O4. The van der Waals surface area contributed by atoms with E-state index >= 15 is 0 Å². The zero-order valence-corrected chi connectivity index (χ0v) is 6.65. The lowest BCUT2D eigenvalue weighted by Crippen LogP contribution is -2.48. The molecule has 2 atom stereocenters. The number of aliphatic hydroxyl groups is 1. The standard InChI is InChI=1S/C6H12N2O4/c1-3(6(11)12)8-5(10)4(7)2-9/h3-4,9H,2,7H2,1H3,(H,8,10)(H,11,12)/t3-,4+/m0/s1. The normalized spacial score (nSPS) is 14.9. The van der Waals surface area contributed by atoms with Crippen LogP contribution >= 0.6 is 0 Å². The van der Waals surface area contributed by atoms with Crippen LogP contribution in [-0.2, 0) is 9.59 Å². The number of amides is 1. The summed E-state index contributed by atoms with van der Waals surface area (Å²) in [4.78, 5) is 21.1. The fraction of sp³-hybridized carbons (Fsp3) is 0.667. The molecule has 0 fully saturated rings. The molecule has 0 aromatic heterocycles. The van der Waals surface area contributed by atoms with Crippen LogP contribution in [0.5, 0.6) is 0 Å². The first-order chi connectivity index (χ1) is 5.49. The topological polar surface area (TPSA) is 113 Å². The van der Waals surface area contributed by atoms with Crippen LogP contribution in [0.25, 0.3) is 0 Å². The van der Waals surface area contributed by atoms with Gasteiger partial charge in [-0.25, -0.2) is 0 Å². The first-order valence-electron chi connectivity index (χ1n) is 3.38. The zero-order chi connectivity index (χ0) is 9.72. The molecule has 0 saturated carbocycles. The average Bonchev–Trinajstić information content (AvgIpc) is 2.02. The highest BCUT2D eigenvalue weighted by atomic mass is 16.4. The summed E-state index contributed by atoms with van der Waals surface area (Å²) in [7, 11) is 0. The molecule has 5 N–H and O–H groups in total. The smallest absolute Gasteiger partial charge is 0.325 e. The third-order valence-electron chi connectivity index (χ3n) is 1.26. The van der Waals surface area contributed by atoms with Gasteiger partial charge < -0.3 is 21.3 Å². The van der Waals surface area contributed by atoms with E-state index in [1.54, 1.807) is 0 Å². The summed E-state index contributed by atoms with van der Waals surface area (Å²) in [5, 5.41) is 18.9. The Labute approximate surface area is 69.4 Å². The van der Waals surface area contributed by atoms with E-state index in [1.807, 2.05) is 0 Å². The maximum atomic E-state index is 10.8. The number of hydrogen-bond donors (Lipinski definition) is 4. The number of nitrogens with two attached hydrogens (primary N) is 1. The van der Waals surface area contributed by atoms with Crippen LogP contribution < -0.4 is 11.1 Å². The van der Waals surface area contributed by atoms with Crippen molar-refractivity contribution in [1.82, 2.24) is 5.32 Å². The Bertz CT molecular complexity index is 182. The molecule has 6 heteroatoms. The monoisotopic (exact) mass is 176 g/mol. The Hall–Kier alpha value is -1.14. The van der Waals surface area contributed by atoms with Gasteiger partial charge in [-0.2, -0.15) is 0 Å². The van der Waals surface area contributed by atoms with Crippen LogP contribution in [0.1, 0.15) is 6.92 Å². The van der Waals surface area contributed by atoms with Crippen LogP contribution in [0.15, 0.2) is 0 Å². The van der Waals surface area contributed by atoms with Gasteiger partial charge in [-0.3, -0.25) is 9.59 Å². The van der Waals surface area contributed by atoms with Gasteiger partial charge in [-0.15, -0.1) is 0 Å². The Morgan fingerprint density at radius 1 is 1.58 bits per heavy atom. The van der Waals surface area contributed by atoms with Crippen molar-refractivity contribution in [3.63, 3.8) is 0 Å². The summed E-state index contributed by atoms with van der Waals surface area (Å²) in [6.07, 6.45) is 0. The third kappa shape index (κ3) is 3.31. The summed E-state index contributed by atoms with van der Waals surface area (Å²) in [6, 6.07) is -2.05. The van der Waals surface area contributed by atoms with Gasteiger partial charge in [-0.05, 0) is 6.92 Å². The summed E-state index contributed by atoms with van der Waals surface area (Å²) >= 11 is 0. The van der Waals surface area contributed by atoms with Gasteiger partial charge in [0, 0.05) is 0 Å². The van der Waals surface area contributed by atoms with E-state index in [1.165, 1.54) is 6.92 Å². The molecule has 0 aliphatic rings. The van der Waals surface area contributed by atoms with E-state index < -0.39 is 30.6 Å². The van der Waals surface area contributed by atoms with E-state index in [2.05, 4.69) is 5.32 Å². The molecule has 0 aromatic carbocycles. The Morgan fingerprint density at radius 2 is 2.08 bits per heavy atom. The van der Waals surface area contributed by atoms with Crippen molar-refractivity contribution in [2.75, 3.05) is 6.61 Å². The molecule has 0 unspecified atom stereocenters. The van der Waals surface area contributed by atoms with E-state index in [0.29, 0.717) is 0 Å². The lowest BCUT2D eigenvalue weighted by molar-refractivity contribution is -0.141. The largest absolute Gasteiger partial charge is 0.480 e. The molecule has 0 aliphatic carbocycles. The minimum Gasteiger partial charge on any atom is -0.480 e. The van der Waals surface area contributed by atoms with Gasteiger partial charge in [0.1, 0.15) is 12.1 Å². The fourth-order valence-electron chi connectivity index (χ4n) is 0.465. The summed E-state index contributed by atoms with van der Waals surface area (Å²) in [5.74, 6) is -1.82. The van der Waals surface area contributed by atoms with Crippen molar-refractivity contribution in [2.45, 2.75) is 19.0 Å². The molecule has 12 heavy (non-hydrogen) atoms. The number of hydrogen-bond acceptors (Lipinski definition) is 4. The van der Waals surface area contributed by atoms with E-state index in [-0.39, 0.29) is 0 Å². The molecule has 0 saturated heterocycles. The molecule has 1 amide bonds. The zero-order valence-electron chi connectivity index (χ0n) is 6.65. The van der Waals surface area contributed by atoms with Gasteiger partial charge >= 0.3 is 5.97 Å². The molecule has 0 aliphatic heterocycles. The Morgan fingerprint density at radius 3 is 2.42 bits per heavy atom. The van der Waals surface area contributed by atoms with Crippen molar-refractivity contribution >= 4 is 11.9 Å². The van der Waals surface area contributed by atoms with Gasteiger partial charge in [0.25, 0.3) is 0 Å². The van der Waals surface area contributed by atoms with Crippen LogP contribution in [-0.4, -0.2) is 40.8 Å². The lowest BCUT2D eigenvalue weighted by Gasteiger charge is -2.12. The van der Waals surface area contributed by atoms with Crippen molar-refractivity contribution in [1.29, 1.82) is 0 Å². The number of carboxylic acid groups (broad SMARTS) is 1. The van der Waals surface area contributed by atoms with Crippen LogP contribution in [0.2, 0.25) is 0 Å². The molecule has 0 radical (unpaired) electrons. The number of carbonyl (C=O) groups is 2. The van der Waals surface area contributed by atoms with Crippen molar-refractivity contribution in [3.05, 3.63) is 0 Å². The maximum absolute atomic E-state index is 10.8. The van der Waals surface area contributed by atoms with Gasteiger partial charge in [0.2, 0.25) is 5.91 Å². The van der Waals surface area contributed by atoms with Crippen molar-refractivity contribution in [2.24, 2.45) is 5.73 Å². The molecule has 70 valence electrons. The quantitative estimate of drug-likeness (QED) is 0.392. The minimum atomic E-state index is -1.14. The highest BCUT2D eigenvalue weighted by Crippen LogP contribution is 1.83. The average molecular weight is 176 g/mol. The highest BCUT2D eigenvalue weighted by Gasteiger charge is 2.18. The number of carbonyl (C=O) groups excluding carboxylic acids is 1. The van der Waals surface area contributed by atoms with Crippen molar-refractivity contribution in [3.8, 4) is 0 Å². The molecule has 6 nitrogen and oxygen atoms in total. The van der Waals surface area contributed by atoms with Gasteiger partial charge in [0.05, 0.1) is 6.61 Å². The second-order valence-electron chi connectivity index (χ2n) is 2.36. The van der Waals surface area contributed by atoms with Crippen molar-refractivity contribution < 1.29 is 19.8 Å². The fourth-order valence-corrected chi connectivity index (χ4v) is 0.465. The van der Waals surface area contributed by atoms with E-state index in [9.17, 15) is 9.59 Å². The number of carboxylic acids is 1. The molecule has 0 bridgehead atoms. The predicted molar refractivity (Wildman–Crippen MR) is 40.3 cm³/mol. The molecular weight excluding hydrogens is 164 g/mol. The third-order valence-corrected chi connectivity index (χ3v) is 1.26. The minimum absolute atomic E-state index is 0.502. The maximum Gasteiger partial charge on any atom is 0.325 e. The van der Waals surface area contributed by atoms with Crippen LogP contribution in [0, 0.1) is 0 Å².